The zero-order chi connectivity index (χ0) is 18.1. The SMILES string of the molecule is O=C(Nc1nc(-c2ccc(Cl)cc2)cs1)C1CCN(C(=O)C2CC2)CC1. The van der Waals surface area contributed by atoms with E-state index in [1.54, 1.807) is 0 Å². The van der Waals surface area contributed by atoms with E-state index in [1.807, 2.05) is 34.5 Å². The van der Waals surface area contributed by atoms with E-state index in [4.69, 9.17) is 11.6 Å². The Hall–Kier alpha value is -1.92. The second kappa shape index (κ2) is 7.37. The highest BCUT2D eigenvalue weighted by atomic mass is 35.5. The predicted octanol–water partition coefficient (Wildman–Crippen LogP) is 4.05. The quantitative estimate of drug-likeness (QED) is 0.857. The molecule has 4 rings (SSSR count). The molecule has 0 unspecified atom stereocenters. The molecule has 1 aliphatic carbocycles. The molecule has 1 aromatic heterocycles. The van der Waals surface area contributed by atoms with Crippen molar-refractivity contribution in [2.45, 2.75) is 25.7 Å². The first-order valence-corrected chi connectivity index (χ1v) is 10.2. The highest BCUT2D eigenvalue weighted by Crippen LogP contribution is 2.33. The van der Waals surface area contributed by atoms with Crippen LogP contribution in [0.3, 0.4) is 0 Å². The Morgan fingerprint density at radius 1 is 1.08 bits per heavy atom. The van der Waals surface area contributed by atoms with Crippen LogP contribution in [-0.2, 0) is 9.59 Å². The van der Waals surface area contributed by atoms with Gasteiger partial charge in [0.15, 0.2) is 5.13 Å². The molecule has 1 saturated heterocycles. The third-order valence-corrected chi connectivity index (χ3v) is 5.99. The van der Waals surface area contributed by atoms with Gasteiger partial charge in [-0.05, 0) is 37.8 Å². The molecule has 0 radical (unpaired) electrons. The van der Waals surface area contributed by atoms with Gasteiger partial charge in [-0.2, -0.15) is 0 Å². The summed E-state index contributed by atoms with van der Waals surface area (Å²) in [5, 5.41) is 6.15. The lowest BCUT2D eigenvalue weighted by Gasteiger charge is -2.31. The van der Waals surface area contributed by atoms with E-state index in [9.17, 15) is 9.59 Å². The number of amides is 2. The molecule has 26 heavy (non-hydrogen) atoms. The topological polar surface area (TPSA) is 62.3 Å². The number of aromatic nitrogens is 1. The van der Waals surface area contributed by atoms with Gasteiger partial charge in [0, 0.05) is 40.9 Å². The summed E-state index contributed by atoms with van der Waals surface area (Å²) in [7, 11) is 0. The van der Waals surface area contributed by atoms with Crippen molar-refractivity contribution in [3.63, 3.8) is 0 Å². The Balaban J connectivity index is 1.32. The Labute approximate surface area is 161 Å². The molecule has 1 saturated carbocycles. The highest BCUT2D eigenvalue weighted by molar-refractivity contribution is 7.14. The maximum atomic E-state index is 12.5. The van der Waals surface area contributed by atoms with Crippen molar-refractivity contribution < 1.29 is 9.59 Å². The molecule has 136 valence electrons. The summed E-state index contributed by atoms with van der Waals surface area (Å²) in [6, 6.07) is 7.47. The number of carbonyl (C=O) groups is 2. The van der Waals surface area contributed by atoms with Crippen molar-refractivity contribution in [1.29, 1.82) is 0 Å². The fourth-order valence-corrected chi connectivity index (χ4v) is 4.09. The van der Waals surface area contributed by atoms with Crippen LogP contribution in [0, 0.1) is 11.8 Å². The molecular weight excluding hydrogens is 370 g/mol. The first kappa shape index (κ1) is 17.5. The van der Waals surface area contributed by atoms with E-state index in [1.165, 1.54) is 11.3 Å². The average Bonchev–Trinajstić information content (AvgIpc) is 3.41. The average molecular weight is 390 g/mol. The fraction of sp³-hybridized carbons (Fsp3) is 0.421. The van der Waals surface area contributed by atoms with Crippen LogP contribution in [0.15, 0.2) is 29.6 Å². The van der Waals surface area contributed by atoms with E-state index in [-0.39, 0.29) is 23.7 Å². The lowest BCUT2D eigenvalue weighted by atomic mass is 9.95. The molecule has 0 spiro atoms. The number of anilines is 1. The Morgan fingerprint density at radius 2 is 1.77 bits per heavy atom. The summed E-state index contributed by atoms with van der Waals surface area (Å²) in [5.74, 6) is 0.472. The van der Waals surface area contributed by atoms with E-state index in [0.717, 1.165) is 36.9 Å². The number of nitrogens with zero attached hydrogens (tertiary/aromatic N) is 2. The summed E-state index contributed by atoms with van der Waals surface area (Å²) in [6.07, 6.45) is 3.50. The third-order valence-electron chi connectivity index (χ3n) is 4.98. The van der Waals surface area contributed by atoms with Gasteiger partial charge in [-0.1, -0.05) is 23.7 Å². The van der Waals surface area contributed by atoms with Crippen LogP contribution in [0.5, 0.6) is 0 Å². The number of carbonyl (C=O) groups excluding carboxylic acids is 2. The Bertz CT molecular complexity index is 808. The van der Waals surface area contributed by atoms with Crippen molar-refractivity contribution in [1.82, 2.24) is 9.88 Å². The van der Waals surface area contributed by atoms with E-state index < -0.39 is 0 Å². The number of hydrogen-bond donors (Lipinski definition) is 1. The van der Waals surface area contributed by atoms with Crippen LogP contribution in [-0.4, -0.2) is 34.8 Å². The van der Waals surface area contributed by atoms with E-state index in [0.29, 0.717) is 23.2 Å². The molecule has 7 heteroatoms. The van der Waals surface area contributed by atoms with Crippen LogP contribution < -0.4 is 5.32 Å². The number of hydrogen-bond acceptors (Lipinski definition) is 4. The molecular formula is C19H20ClN3O2S. The molecule has 2 fully saturated rings. The Morgan fingerprint density at radius 3 is 2.42 bits per heavy atom. The van der Waals surface area contributed by atoms with Crippen LogP contribution in [0.25, 0.3) is 11.3 Å². The molecule has 1 N–H and O–H groups in total. The first-order chi connectivity index (χ1) is 12.6. The molecule has 2 heterocycles. The summed E-state index contributed by atoms with van der Waals surface area (Å²) in [4.78, 5) is 31.0. The minimum atomic E-state index is -0.0545. The van der Waals surface area contributed by atoms with Crippen molar-refractivity contribution in [3.05, 3.63) is 34.7 Å². The number of thiazole rings is 1. The lowest BCUT2D eigenvalue weighted by molar-refractivity contribution is -0.135. The van der Waals surface area contributed by atoms with Crippen molar-refractivity contribution in [2.75, 3.05) is 18.4 Å². The third kappa shape index (κ3) is 3.91. The van der Waals surface area contributed by atoms with Crippen LogP contribution in [0.2, 0.25) is 5.02 Å². The molecule has 2 aromatic rings. The minimum absolute atomic E-state index is 0.000488. The first-order valence-electron chi connectivity index (χ1n) is 8.91. The maximum absolute atomic E-state index is 12.5. The largest absolute Gasteiger partial charge is 0.342 e. The highest BCUT2D eigenvalue weighted by Gasteiger charge is 2.36. The molecule has 0 atom stereocenters. The molecule has 1 aromatic carbocycles. The van der Waals surface area contributed by atoms with Crippen LogP contribution >= 0.6 is 22.9 Å². The monoisotopic (exact) mass is 389 g/mol. The van der Waals surface area contributed by atoms with E-state index in [2.05, 4.69) is 10.3 Å². The van der Waals surface area contributed by atoms with Gasteiger partial charge >= 0.3 is 0 Å². The minimum Gasteiger partial charge on any atom is -0.342 e. The molecule has 0 bridgehead atoms. The van der Waals surface area contributed by atoms with Gasteiger partial charge in [0.1, 0.15) is 0 Å². The number of rotatable bonds is 4. The number of benzene rings is 1. The zero-order valence-electron chi connectivity index (χ0n) is 14.3. The van der Waals surface area contributed by atoms with Crippen LogP contribution in [0.4, 0.5) is 5.13 Å². The van der Waals surface area contributed by atoms with Crippen molar-refractivity contribution in [3.8, 4) is 11.3 Å². The zero-order valence-corrected chi connectivity index (χ0v) is 15.9. The molecule has 2 aliphatic rings. The predicted molar refractivity (Wildman–Crippen MR) is 103 cm³/mol. The summed E-state index contributed by atoms with van der Waals surface area (Å²) >= 11 is 7.33. The van der Waals surface area contributed by atoms with Gasteiger partial charge in [-0.25, -0.2) is 4.98 Å². The number of likely N-dealkylation sites (tertiary alicyclic amines) is 1. The summed E-state index contributed by atoms with van der Waals surface area (Å²) < 4.78 is 0. The summed E-state index contributed by atoms with van der Waals surface area (Å²) in [5.41, 5.74) is 1.80. The molecule has 1 aliphatic heterocycles. The fourth-order valence-electron chi connectivity index (χ4n) is 3.24. The van der Waals surface area contributed by atoms with Crippen molar-refractivity contribution >= 4 is 39.9 Å². The van der Waals surface area contributed by atoms with E-state index >= 15 is 0 Å². The molecule has 5 nitrogen and oxygen atoms in total. The molecule has 2 amide bonds. The van der Waals surface area contributed by atoms with Gasteiger partial charge in [0.25, 0.3) is 0 Å². The Kier molecular flexibility index (Phi) is 4.96. The number of nitrogens with one attached hydrogen (secondary N) is 1. The number of halogens is 1. The number of piperidine rings is 1. The van der Waals surface area contributed by atoms with Gasteiger partial charge < -0.3 is 10.2 Å². The van der Waals surface area contributed by atoms with Gasteiger partial charge in [-0.3, -0.25) is 9.59 Å². The second-order valence-electron chi connectivity index (χ2n) is 6.91. The maximum Gasteiger partial charge on any atom is 0.229 e. The van der Waals surface area contributed by atoms with Crippen molar-refractivity contribution in [2.24, 2.45) is 11.8 Å². The second-order valence-corrected chi connectivity index (χ2v) is 8.20. The van der Waals surface area contributed by atoms with Gasteiger partial charge in [0.05, 0.1) is 5.69 Å². The summed E-state index contributed by atoms with van der Waals surface area (Å²) in [6.45, 7) is 1.36. The smallest absolute Gasteiger partial charge is 0.229 e. The normalized spacial score (nSPS) is 18.0. The van der Waals surface area contributed by atoms with Crippen LogP contribution in [0.1, 0.15) is 25.7 Å². The standard InChI is InChI=1S/C19H20ClN3O2S/c20-15-5-3-12(4-6-15)16-11-26-19(21-16)22-17(24)13-7-9-23(10-8-13)18(25)14-1-2-14/h3-6,11,13-14H,1-2,7-10H2,(H,21,22,24). The van der Waals surface area contributed by atoms with Gasteiger partial charge in [0.2, 0.25) is 11.8 Å². The lowest BCUT2D eigenvalue weighted by Crippen LogP contribution is -2.42. The van der Waals surface area contributed by atoms with Gasteiger partial charge in [-0.15, -0.1) is 11.3 Å².